The summed E-state index contributed by atoms with van der Waals surface area (Å²) >= 11 is 0. The second-order valence-electron chi connectivity index (χ2n) is 5.71. The molecule has 2 rings (SSSR count). The first-order valence-electron chi connectivity index (χ1n) is 7.68. The first-order valence-corrected chi connectivity index (χ1v) is 7.68. The van der Waals surface area contributed by atoms with Gasteiger partial charge in [-0.3, -0.25) is 9.79 Å². The van der Waals surface area contributed by atoms with Gasteiger partial charge in [-0.1, -0.05) is 6.92 Å². The van der Waals surface area contributed by atoms with Gasteiger partial charge in [-0.2, -0.15) is 0 Å². The predicted octanol–water partition coefficient (Wildman–Crippen LogP) is 1.79. The van der Waals surface area contributed by atoms with Crippen molar-refractivity contribution in [2.24, 2.45) is 16.6 Å². The van der Waals surface area contributed by atoms with Crippen molar-refractivity contribution in [1.82, 2.24) is 10.2 Å². The fourth-order valence-corrected chi connectivity index (χ4v) is 2.39. The normalized spacial score (nSPS) is 15.9. The van der Waals surface area contributed by atoms with Crippen LogP contribution in [0.15, 0.2) is 29.3 Å². The molecule has 0 atom stereocenters. The number of nitrogens with two attached hydrogens (primary N) is 1. The summed E-state index contributed by atoms with van der Waals surface area (Å²) in [6.07, 6.45) is 2.29. The molecule has 0 aromatic heterocycles. The van der Waals surface area contributed by atoms with Gasteiger partial charge in [-0.05, 0) is 43.0 Å². The summed E-state index contributed by atoms with van der Waals surface area (Å²) in [5.41, 5.74) is 6.49. The van der Waals surface area contributed by atoms with E-state index < -0.39 is 0 Å². The summed E-state index contributed by atoms with van der Waals surface area (Å²) in [5, 5.41) is 12.0. The van der Waals surface area contributed by atoms with Crippen molar-refractivity contribution in [1.29, 1.82) is 0 Å². The topological polar surface area (TPSA) is 91.0 Å². The van der Waals surface area contributed by atoms with Crippen LogP contribution >= 0.6 is 24.0 Å². The first kappa shape index (κ1) is 19.5. The summed E-state index contributed by atoms with van der Waals surface area (Å²) in [6, 6.07) is 6.14. The summed E-state index contributed by atoms with van der Waals surface area (Å²) in [4.78, 5) is 18.3. The zero-order valence-electron chi connectivity index (χ0n) is 13.4. The van der Waals surface area contributed by atoms with E-state index in [1.54, 1.807) is 12.1 Å². The van der Waals surface area contributed by atoms with Crippen LogP contribution in [0.4, 0.5) is 0 Å². The largest absolute Gasteiger partial charge is 0.508 e. The van der Waals surface area contributed by atoms with Gasteiger partial charge >= 0.3 is 0 Å². The summed E-state index contributed by atoms with van der Waals surface area (Å²) in [6.45, 7) is 5.06. The third kappa shape index (κ3) is 6.25. The molecule has 1 aromatic rings. The highest BCUT2D eigenvalue weighted by atomic mass is 127. The monoisotopic (exact) mass is 432 g/mol. The summed E-state index contributed by atoms with van der Waals surface area (Å²) < 4.78 is 0. The lowest BCUT2D eigenvalue weighted by Gasteiger charge is -2.31. The molecular formula is C16H25IN4O2. The van der Waals surface area contributed by atoms with Gasteiger partial charge in [0.25, 0.3) is 5.91 Å². The van der Waals surface area contributed by atoms with Gasteiger partial charge in [0, 0.05) is 25.2 Å². The second-order valence-corrected chi connectivity index (χ2v) is 5.71. The molecule has 0 aliphatic carbocycles. The number of nitrogens with zero attached hydrogens (tertiary/aromatic N) is 2. The number of hydrogen-bond donors (Lipinski definition) is 3. The number of phenols is 1. The third-order valence-corrected chi connectivity index (χ3v) is 3.91. The first-order chi connectivity index (χ1) is 10.6. The van der Waals surface area contributed by atoms with Crippen molar-refractivity contribution in [2.45, 2.75) is 19.8 Å². The van der Waals surface area contributed by atoms with Gasteiger partial charge in [-0.15, -0.1) is 24.0 Å². The lowest BCUT2D eigenvalue weighted by molar-refractivity contribution is 0.0954. The maximum Gasteiger partial charge on any atom is 0.251 e. The molecule has 1 fully saturated rings. The van der Waals surface area contributed by atoms with E-state index in [-0.39, 0.29) is 35.6 Å². The number of aromatic hydroxyl groups is 1. The van der Waals surface area contributed by atoms with Gasteiger partial charge in [0.05, 0.1) is 6.54 Å². The zero-order valence-corrected chi connectivity index (χ0v) is 15.7. The number of rotatable bonds is 4. The number of halogens is 1. The molecule has 0 unspecified atom stereocenters. The predicted molar refractivity (Wildman–Crippen MR) is 102 cm³/mol. The highest BCUT2D eigenvalue weighted by molar-refractivity contribution is 14.0. The molecule has 4 N–H and O–H groups in total. The number of guanidine groups is 1. The molecule has 7 heteroatoms. The molecule has 1 aliphatic rings. The quantitative estimate of drug-likeness (QED) is 0.293. The van der Waals surface area contributed by atoms with E-state index >= 15 is 0 Å². The molecule has 1 aromatic carbocycles. The number of carbonyl (C=O) groups is 1. The number of likely N-dealkylation sites (tertiary alicyclic amines) is 1. The maximum atomic E-state index is 11.9. The number of amides is 1. The molecule has 23 heavy (non-hydrogen) atoms. The van der Waals surface area contributed by atoms with Crippen LogP contribution in [0.25, 0.3) is 0 Å². The van der Waals surface area contributed by atoms with Crippen molar-refractivity contribution in [3.8, 4) is 5.75 Å². The van der Waals surface area contributed by atoms with Crippen LogP contribution in [0.5, 0.6) is 5.75 Å². The fraction of sp³-hybridized carbons (Fsp3) is 0.500. The fourth-order valence-electron chi connectivity index (χ4n) is 2.39. The van der Waals surface area contributed by atoms with Crippen LogP contribution in [-0.2, 0) is 0 Å². The molecule has 1 aliphatic heterocycles. The Morgan fingerprint density at radius 1 is 1.35 bits per heavy atom. The van der Waals surface area contributed by atoms with Crippen molar-refractivity contribution in [3.63, 3.8) is 0 Å². The number of phenolic OH excluding ortho intramolecular Hbond substituents is 1. The Hall–Kier alpha value is -1.51. The minimum Gasteiger partial charge on any atom is -0.508 e. The van der Waals surface area contributed by atoms with E-state index in [1.165, 1.54) is 12.1 Å². The van der Waals surface area contributed by atoms with Gasteiger partial charge in [0.2, 0.25) is 0 Å². The molecule has 0 saturated carbocycles. The van der Waals surface area contributed by atoms with Crippen LogP contribution in [0.2, 0.25) is 0 Å². The van der Waals surface area contributed by atoms with Crippen molar-refractivity contribution in [2.75, 3.05) is 26.2 Å². The molecule has 0 spiro atoms. The van der Waals surface area contributed by atoms with E-state index in [0.29, 0.717) is 24.6 Å². The smallest absolute Gasteiger partial charge is 0.251 e. The number of piperidine rings is 1. The summed E-state index contributed by atoms with van der Waals surface area (Å²) in [7, 11) is 0. The van der Waals surface area contributed by atoms with Crippen LogP contribution < -0.4 is 11.1 Å². The molecule has 0 bridgehead atoms. The Bertz CT molecular complexity index is 525. The van der Waals surface area contributed by atoms with Gasteiger partial charge in [0.15, 0.2) is 5.96 Å². The lowest BCUT2D eigenvalue weighted by atomic mass is 10.00. The number of nitrogens with one attached hydrogen (secondary N) is 1. The second kappa shape index (κ2) is 9.59. The van der Waals surface area contributed by atoms with E-state index in [0.717, 1.165) is 31.8 Å². The molecular weight excluding hydrogens is 407 g/mol. The van der Waals surface area contributed by atoms with Crippen LogP contribution in [-0.4, -0.2) is 48.1 Å². The molecule has 1 saturated heterocycles. The van der Waals surface area contributed by atoms with Gasteiger partial charge < -0.3 is 21.1 Å². The van der Waals surface area contributed by atoms with E-state index in [4.69, 9.17) is 5.73 Å². The Balaban J connectivity index is 0.00000264. The van der Waals surface area contributed by atoms with E-state index in [2.05, 4.69) is 22.1 Å². The van der Waals surface area contributed by atoms with Crippen LogP contribution in [0.3, 0.4) is 0 Å². The number of carbonyl (C=O) groups excluding carboxylic acids is 1. The van der Waals surface area contributed by atoms with Crippen LogP contribution in [0, 0.1) is 5.92 Å². The Morgan fingerprint density at radius 2 is 1.96 bits per heavy atom. The maximum absolute atomic E-state index is 11.9. The lowest BCUT2D eigenvalue weighted by Crippen LogP contribution is -2.42. The highest BCUT2D eigenvalue weighted by Crippen LogP contribution is 2.15. The zero-order chi connectivity index (χ0) is 15.9. The molecule has 1 amide bonds. The average molecular weight is 432 g/mol. The average Bonchev–Trinajstić information content (AvgIpc) is 2.52. The highest BCUT2D eigenvalue weighted by Gasteiger charge is 2.16. The molecule has 0 radical (unpaired) electrons. The van der Waals surface area contributed by atoms with Crippen molar-refractivity contribution >= 4 is 35.8 Å². The van der Waals surface area contributed by atoms with Crippen molar-refractivity contribution < 1.29 is 9.90 Å². The molecule has 1 heterocycles. The Morgan fingerprint density at radius 3 is 2.57 bits per heavy atom. The standard InChI is InChI=1S/C16H24N4O2.HI/c1-12-6-10-20(11-7-12)16(17)19-9-8-18-15(22)13-2-4-14(21)5-3-13;/h2-5,12,21H,6-11H2,1H3,(H2,17,19)(H,18,22);1H. The van der Waals surface area contributed by atoms with Gasteiger partial charge in [0.1, 0.15) is 5.75 Å². The Kier molecular flexibility index (Phi) is 8.15. The third-order valence-electron chi connectivity index (χ3n) is 3.91. The minimum atomic E-state index is -0.180. The van der Waals surface area contributed by atoms with Crippen molar-refractivity contribution in [3.05, 3.63) is 29.8 Å². The molecule has 128 valence electrons. The van der Waals surface area contributed by atoms with E-state index in [1.807, 2.05) is 0 Å². The number of benzene rings is 1. The number of hydrogen-bond acceptors (Lipinski definition) is 3. The molecule has 6 nitrogen and oxygen atoms in total. The van der Waals surface area contributed by atoms with E-state index in [9.17, 15) is 9.90 Å². The summed E-state index contributed by atoms with van der Waals surface area (Å²) in [5.74, 6) is 1.28. The minimum absolute atomic E-state index is 0. The van der Waals surface area contributed by atoms with Gasteiger partial charge in [-0.25, -0.2) is 0 Å². The number of aliphatic imine (C=N–C) groups is 1. The Labute approximate surface area is 154 Å². The van der Waals surface area contributed by atoms with Crippen LogP contribution in [0.1, 0.15) is 30.1 Å². The SMILES string of the molecule is CC1CCN(C(N)=NCCNC(=O)c2ccc(O)cc2)CC1.I.